The number of alkyl halides is 3. The molecule has 0 saturated heterocycles. The average Bonchev–Trinajstić information content (AvgIpc) is 2.38. The van der Waals surface area contributed by atoms with Gasteiger partial charge in [-0.05, 0) is 37.2 Å². The van der Waals surface area contributed by atoms with Crippen LogP contribution in [-0.2, 0) is 17.4 Å². The molecule has 0 bridgehead atoms. The third kappa shape index (κ3) is 4.23. The molecule has 3 nitrogen and oxygen atoms in total. The van der Waals surface area contributed by atoms with E-state index in [9.17, 15) is 23.1 Å². The Balaban J connectivity index is 2.87. The van der Waals surface area contributed by atoms with Gasteiger partial charge in [-0.15, -0.1) is 0 Å². The molecule has 1 rings (SSSR count). The third-order valence-corrected chi connectivity index (χ3v) is 3.25. The highest BCUT2D eigenvalue weighted by molar-refractivity contribution is 5.74. The molecule has 1 unspecified atom stereocenters. The maximum Gasteiger partial charge on any atom is 0.416 e. The molecular formula is C14H18F3NO2. The fourth-order valence-electron chi connectivity index (χ4n) is 2.09. The van der Waals surface area contributed by atoms with Gasteiger partial charge in [0.05, 0.1) is 5.56 Å². The van der Waals surface area contributed by atoms with E-state index in [1.54, 1.807) is 4.90 Å². The van der Waals surface area contributed by atoms with Crippen molar-refractivity contribution in [1.82, 2.24) is 4.90 Å². The molecule has 0 radical (unpaired) electrons. The Morgan fingerprint density at radius 1 is 1.20 bits per heavy atom. The number of hydrogen-bond acceptors (Lipinski definition) is 2. The zero-order valence-electron chi connectivity index (χ0n) is 11.4. The molecule has 6 heteroatoms. The van der Waals surface area contributed by atoms with Crippen molar-refractivity contribution in [1.29, 1.82) is 0 Å². The summed E-state index contributed by atoms with van der Waals surface area (Å²) in [7, 11) is 0. The molecule has 1 N–H and O–H groups in total. The lowest BCUT2D eigenvalue weighted by molar-refractivity contribution is -0.143. The van der Waals surface area contributed by atoms with Gasteiger partial charge in [0, 0.05) is 0 Å². The highest BCUT2D eigenvalue weighted by Gasteiger charge is 2.30. The number of aliphatic carboxylic acids is 1. The molecule has 1 aromatic carbocycles. The largest absolute Gasteiger partial charge is 0.480 e. The minimum absolute atomic E-state index is 0.190. The van der Waals surface area contributed by atoms with Gasteiger partial charge in [-0.3, -0.25) is 9.69 Å². The van der Waals surface area contributed by atoms with Crippen LogP contribution >= 0.6 is 0 Å². The van der Waals surface area contributed by atoms with Gasteiger partial charge in [-0.25, -0.2) is 0 Å². The van der Waals surface area contributed by atoms with Crippen molar-refractivity contribution in [2.24, 2.45) is 0 Å². The summed E-state index contributed by atoms with van der Waals surface area (Å²) in [5.74, 6) is -0.964. The lowest BCUT2D eigenvalue weighted by atomic mass is 10.0. The Kier molecular flexibility index (Phi) is 5.56. The van der Waals surface area contributed by atoms with Crippen molar-refractivity contribution in [2.45, 2.75) is 32.5 Å². The number of carboxylic acids is 1. The Morgan fingerprint density at radius 3 is 2.05 bits per heavy atom. The van der Waals surface area contributed by atoms with Gasteiger partial charge >= 0.3 is 12.1 Å². The van der Waals surface area contributed by atoms with Crippen LogP contribution in [0.3, 0.4) is 0 Å². The van der Waals surface area contributed by atoms with E-state index >= 15 is 0 Å². The van der Waals surface area contributed by atoms with Crippen LogP contribution in [0.5, 0.6) is 0 Å². The van der Waals surface area contributed by atoms with Crippen LogP contribution in [0.2, 0.25) is 0 Å². The average molecular weight is 289 g/mol. The van der Waals surface area contributed by atoms with Crippen LogP contribution < -0.4 is 0 Å². The molecule has 0 spiro atoms. The van der Waals surface area contributed by atoms with Crippen LogP contribution in [0.25, 0.3) is 0 Å². The van der Waals surface area contributed by atoms with E-state index in [0.29, 0.717) is 18.7 Å². The molecule has 0 saturated carbocycles. The first kappa shape index (κ1) is 16.5. The van der Waals surface area contributed by atoms with Gasteiger partial charge < -0.3 is 5.11 Å². The summed E-state index contributed by atoms with van der Waals surface area (Å²) in [4.78, 5) is 13.0. The molecule has 0 aliphatic rings. The lowest BCUT2D eigenvalue weighted by Gasteiger charge is -2.26. The molecule has 0 aromatic heterocycles. The maximum atomic E-state index is 12.4. The molecule has 0 heterocycles. The van der Waals surface area contributed by atoms with Gasteiger partial charge in [0.2, 0.25) is 0 Å². The Hall–Kier alpha value is -1.56. The van der Waals surface area contributed by atoms with E-state index in [1.807, 2.05) is 13.8 Å². The van der Waals surface area contributed by atoms with Gasteiger partial charge in [-0.1, -0.05) is 26.0 Å². The van der Waals surface area contributed by atoms with Gasteiger partial charge in [0.25, 0.3) is 0 Å². The van der Waals surface area contributed by atoms with E-state index in [0.717, 1.165) is 12.1 Å². The summed E-state index contributed by atoms with van der Waals surface area (Å²) in [6.45, 7) is 4.86. The number of likely N-dealkylation sites (N-methyl/N-ethyl adjacent to an activating group) is 1. The number of carboxylic acid groups (broad SMARTS) is 1. The van der Waals surface area contributed by atoms with Crippen molar-refractivity contribution in [3.63, 3.8) is 0 Å². The standard InChI is InChI=1S/C14H18F3NO2/c1-3-18(4-2)12(13(19)20)9-10-5-7-11(8-6-10)14(15,16)17/h5-8,12H,3-4,9H2,1-2H3,(H,19,20). The van der Waals surface area contributed by atoms with E-state index in [2.05, 4.69) is 0 Å². The van der Waals surface area contributed by atoms with E-state index in [-0.39, 0.29) is 6.42 Å². The Labute approximate surface area is 116 Å². The predicted molar refractivity (Wildman–Crippen MR) is 69.5 cm³/mol. The molecular weight excluding hydrogens is 271 g/mol. The van der Waals surface area contributed by atoms with Crippen molar-refractivity contribution in [2.75, 3.05) is 13.1 Å². The lowest BCUT2D eigenvalue weighted by Crippen LogP contribution is -2.42. The normalized spacial score (nSPS) is 13.5. The molecule has 0 amide bonds. The summed E-state index contributed by atoms with van der Waals surface area (Å²) < 4.78 is 37.3. The summed E-state index contributed by atoms with van der Waals surface area (Å²) in [6, 6.07) is 3.92. The minimum atomic E-state index is -4.37. The Bertz CT molecular complexity index is 439. The van der Waals surface area contributed by atoms with Crippen LogP contribution in [0.4, 0.5) is 13.2 Å². The SMILES string of the molecule is CCN(CC)C(Cc1ccc(C(F)(F)F)cc1)C(=O)O. The first-order valence-corrected chi connectivity index (χ1v) is 6.42. The van der Waals surface area contributed by atoms with Crippen molar-refractivity contribution >= 4 is 5.97 Å². The second-order valence-corrected chi connectivity index (χ2v) is 4.47. The zero-order valence-corrected chi connectivity index (χ0v) is 11.4. The number of benzene rings is 1. The molecule has 0 aliphatic heterocycles. The van der Waals surface area contributed by atoms with E-state index in [4.69, 9.17) is 0 Å². The zero-order chi connectivity index (χ0) is 15.3. The fourth-order valence-corrected chi connectivity index (χ4v) is 2.09. The number of hydrogen-bond donors (Lipinski definition) is 1. The monoisotopic (exact) mass is 289 g/mol. The van der Waals surface area contributed by atoms with Crippen molar-refractivity contribution < 1.29 is 23.1 Å². The summed E-state index contributed by atoms with van der Waals surface area (Å²) in [5.41, 5.74) is -0.145. The van der Waals surface area contributed by atoms with Crippen LogP contribution in [0.15, 0.2) is 24.3 Å². The molecule has 112 valence electrons. The van der Waals surface area contributed by atoms with Crippen molar-refractivity contribution in [3.05, 3.63) is 35.4 Å². The first-order valence-electron chi connectivity index (χ1n) is 6.42. The number of nitrogens with zero attached hydrogens (tertiary/aromatic N) is 1. The minimum Gasteiger partial charge on any atom is -0.480 e. The molecule has 1 atom stereocenters. The molecule has 0 aliphatic carbocycles. The molecule has 1 aromatic rings. The Morgan fingerprint density at radius 2 is 1.70 bits per heavy atom. The third-order valence-electron chi connectivity index (χ3n) is 3.25. The van der Waals surface area contributed by atoms with E-state index in [1.165, 1.54) is 12.1 Å². The quantitative estimate of drug-likeness (QED) is 0.875. The predicted octanol–water partition coefficient (Wildman–Crippen LogP) is 3.04. The number of carbonyl (C=O) groups is 1. The fraction of sp³-hybridized carbons (Fsp3) is 0.500. The van der Waals surface area contributed by atoms with Crippen LogP contribution in [-0.4, -0.2) is 35.1 Å². The smallest absolute Gasteiger partial charge is 0.416 e. The maximum absolute atomic E-state index is 12.4. The van der Waals surface area contributed by atoms with Gasteiger partial charge in [0.1, 0.15) is 6.04 Å². The molecule has 0 fully saturated rings. The summed E-state index contributed by atoms with van der Waals surface area (Å²) in [6.07, 6.45) is -4.18. The van der Waals surface area contributed by atoms with Gasteiger partial charge in [-0.2, -0.15) is 13.2 Å². The van der Waals surface area contributed by atoms with Gasteiger partial charge in [0.15, 0.2) is 0 Å². The van der Waals surface area contributed by atoms with Crippen LogP contribution in [0.1, 0.15) is 25.0 Å². The highest BCUT2D eigenvalue weighted by atomic mass is 19.4. The second-order valence-electron chi connectivity index (χ2n) is 4.47. The number of rotatable bonds is 6. The summed E-state index contributed by atoms with van der Waals surface area (Å²) in [5, 5.41) is 9.23. The van der Waals surface area contributed by atoms with Crippen LogP contribution in [0, 0.1) is 0 Å². The molecule has 20 heavy (non-hydrogen) atoms. The summed E-state index contributed by atoms with van der Waals surface area (Å²) >= 11 is 0. The van der Waals surface area contributed by atoms with E-state index < -0.39 is 23.8 Å². The second kappa shape index (κ2) is 6.74. The van der Waals surface area contributed by atoms with Crippen molar-refractivity contribution in [3.8, 4) is 0 Å². The first-order chi connectivity index (χ1) is 9.29. The number of halogens is 3. The highest BCUT2D eigenvalue weighted by Crippen LogP contribution is 2.29. The topological polar surface area (TPSA) is 40.5 Å².